The van der Waals surface area contributed by atoms with Crippen LogP contribution in [0.4, 0.5) is 8.78 Å². The smallest absolute Gasteiger partial charge is 0.151 e. The molecule has 2 rings (SSSR count). The molecule has 15 heavy (non-hydrogen) atoms. The Morgan fingerprint density at radius 3 is 2.47 bits per heavy atom. The summed E-state index contributed by atoms with van der Waals surface area (Å²) in [7, 11) is 0. The van der Waals surface area contributed by atoms with Gasteiger partial charge in [-0.05, 0) is 31.5 Å². The van der Waals surface area contributed by atoms with Gasteiger partial charge in [-0.1, -0.05) is 0 Å². The molecule has 2 nitrogen and oxygen atoms in total. The largest absolute Gasteiger partial charge is 0.235 e. The maximum atomic E-state index is 13.4. The van der Waals surface area contributed by atoms with Crippen LogP contribution in [0.15, 0.2) is 24.4 Å². The maximum absolute atomic E-state index is 13.4. The van der Waals surface area contributed by atoms with Crippen molar-refractivity contribution in [1.29, 1.82) is 0 Å². The van der Waals surface area contributed by atoms with E-state index in [1.54, 1.807) is 6.20 Å². The molecule has 0 saturated heterocycles. The zero-order valence-corrected chi connectivity index (χ0v) is 8.46. The van der Waals surface area contributed by atoms with Gasteiger partial charge < -0.3 is 0 Å². The SMILES string of the molecule is Cc1cnn(-c2ccc(F)cc2F)c1C. The van der Waals surface area contributed by atoms with Crippen LogP contribution >= 0.6 is 0 Å². The Bertz CT molecular complexity index is 503. The highest BCUT2D eigenvalue weighted by Crippen LogP contribution is 2.17. The first kappa shape index (κ1) is 9.83. The highest BCUT2D eigenvalue weighted by molar-refractivity contribution is 5.36. The molecule has 2 aromatic rings. The molecule has 0 radical (unpaired) electrons. The molecular formula is C11H10F2N2. The number of aryl methyl sites for hydroxylation is 1. The fraction of sp³-hybridized carbons (Fsp3) is 0.182. The molecule has 1 aromatic carbocycles. The van der Waals surface area contributed by atoms with Crippen LogP contribution in [-0.4, -0.2) is 9.78 Å². The van der Waals surface area contributed by atoms with E-state index >= 15 is 0 Å². The predicted molar refractivity (Wildman–Crippen MR) is 53.0 cm³/mol. The maximum Gasteiger partial charge on any atom is 0.151 e. The molecular weight excluding hydrogens is 198 g/mol. The summed E-state index contributed by atoms with van der Waals surface area (Å²) in [5.74, 6) is -1.20. The highest BCUT2D eigenvalue weighted by atomic mass is 19.1. The second kappa shape index (κ2) is 3.46. The Morgan fingerprint density at radius 1 is 1.20 bits per heavy atom. The summed E-state index contributed by atoms with van der Waals surface area (Å²) in [6.07, 6.45) is 1.65. The molecule has 0 atom stereocenters. The average molecular weight is 208 g/mol. The Balaban J connectivity index is 2.59. The van der Waals surface area contributed by atoms with Crippen molar-refractivity contribution < 1.29 is 8.78 Å². The molecule has 0 spiro atoms. The van der Waals surface area contributed by atoms with Crippen LogP contribution in [0.5, 0.6) is 0 Å². The van der Waals surface area contributed by atoms with Crippen molar-refractivity contribution in [2.45, 2.75) is 13.8 Å². The topological polar surface area (TPSA) is 17.8 Å². The lowest BCUT2D eigenvalue weighted by molar-refractivity contribution is 0.572. The first-order valence-electron chi connectivity index (χ1n) is 4.56. The van der Waals surface area contributed by atoms with Gasteiger partial charge in [-0.15, -0.1) is 0 Å². The molecule has 0 bridgehead atoms. The van der Waals surface area contributed by atoms with Crippen LogP contribution in [0.2, 0.25) is 0 Å². The second-order valence-corrected chi connectivity index (χ2v) is 3.42. The van der Waals surface area contributed by atoms with E-state index in [1.807, 2.05) is 13.8 Å². The Labute approximate surface area is 86.2 Å². The number of aromatic nitrogens is 2. The van der Waals surface area contributed by atoms with Crippen LogP contribution in [-0.2, 0) is 0 Å². The van der Waals surface area contributed by atoms with E-state index in [0.29, 0.717) is 0 Å². The van der Waals surface area contributed by atoms with E-state index < -0.39 is 11.6 Å². The number of nitrogens with zero attached hydrogens (tertiary/aromatic N) is 2. The third-order valence-electron chi connectivity index (χ3n) is 2.39. The van der Waals surface area contributed by atoms with Gasteiger partial charge in [0.2, 0.25) is 0 Å². The van der Waals surface area contributed by atoms with E-state index in [2.05, 4.69) is 5.10 Å². The van der Waals surface area contributed by atoms with E-state index in [9.17, 15) is 8.78 Å². The van der Waals surface area contributed by atoms with Crippen LogP contribution in [0, 0.1) is 25.5 Å². The molecule has 0 N–H and O–H groups in total. The van der Waals surface area contributed by atoms with Gasteiger partial charge in [0.05, 0.1) is 6.20 Å². The molecule has 0 aliphatic rings. The van der Waals surface area contributed by atoms with Gasteiger partial charge >= 0.3 is 0 Å². The first-order valence-corrected chi connectivity index (χ1v) is 4.56. The molecule has 4 heteroatoms. The quantitative estimate of drug-likeness (QED) is 0.704. The minimum absolute atomic E-state index is 0.266. The van der Waals surface area contributed by atoms with E-state index in [0.717, 1.165) is 17.3 Å². The summed E-state index contributed by atoms with van der Waals surface area (Å²) in [6.45, 7) is 3.73. The normalized spacial score (nSPS) is 10.7. The molecule has 0 fully saturated rings. The Hall–Kier alpha value is -1.71. The summed E-state index contributed by atoms with van der Waals surface area (Å²) in [6, 6.07) is 3.45. The van der Waals surface area contributed by atoms with Gasteiger partial charge in [-0.3, -0.25) is 0 Å². The monoisotopic (exact) mass is 208 g/mol. The van der Waals surface area contributed by atoms with E-state index in [4.69, 9.17) is 0 Å². The van der Waals surface area contributed by atoms with Crippen LogP contribution in [0.25, 0.3) is 5.69 Å². The first-order chi connectivity index (χ1) is 7.09. The molecule has 0 aliphatic heterocycles. The summed E-state index contributed by atoms with van der Waals surface area (Å²) < 4.78 is 27.6. The van der Waals surface area contributed by atoms with E-state index in [-0.39, 0.29) is 5.69 Å². The van der Waals surface area contributed by atoms with Crippen LogP contribution in [0.1, 0.15) is 11.3 Å². The lowest BCUT2D eigenvalue weighted by atomic mass is 10.2. The second-order valence-electron chi connectivity index (χ2n) is 3.42. The Morgan fingerprint density at radius 2 is 1.93 bits per heavy atom. The lowest BCUT2D eigenvalue weighted by Crippen LogP contribution is -2.02. The van der Waals surface area contributed by atoms with Crippen molar-refractivity contribution in [2.24, 2.45) is 0 Å². The number of rotatable bonds is 1. The summed E-state index contributed by atoms with van der Waals surface area (Å²) >= 11 is 0. The zero-order chi connectivity index (χ0) is 11.0. The number of halogens is 2. The van der Waals surface area contributed by atoms with E-state index in [1.165, 1.54) is 16.8 Å². The fourth-order valence-corrected chi connectivity index (χ4v) is 1.39. The number of benzene rings is 1. The number of hydrogen-bond acceptors (Lipinski definition) is 1. The molecule has 78 valence electrons. The van der Waals surface area contributed by atoms with Crippen molar-refractivity contribution in [3.8, 4) is 5.69 Å². The molecule has 0 aliphatic carbocycles. The standard InChI is InChI=1S/C11H10F2N2/c1-7-6-14-15(8(7)2)11-4-3-9(12)5-10(11)13/h3-6H,1-2H3. The van der Waals surface area contributed by atoms with Crippen molar-refractivity contribution in [3.05, 3.63) is 47.3 Å². The summed E-state index contributed by atoms with van der Waals surface area (Å²) in [5.41, 5.74) is 2.08. The zero-order valence-electron chi connectivity index (χ0n) is 8.46. The molecule has 1 aromatic heterocycles. The predicted octanol–water partition coefficient (Wildman–Crippen LogP) is 2.77. The third kappa shape index (κ3) is 1.63. The number of hydrogen-bond donors (Lipinski definition) is 0. The van der Waals surface area contributed by atoms with Crippen molar-refractivity contribution in [2.75, 3.05) is 0 Å². The minimum Gasteiger partial charge on any atom is -0.235 e. The van der Waals surface area contributed by atoms with Gasteiger partial charge in [0.1, 0.15) is 11.5 Å². The Kier molecular flexibility index (Phi) is 2.26. The molecule has 0 amide bonds. The van der Waals surface area contributed by atoms with Crippen LogP contribution in [0.3, 0.4) is 0 Å². The average Bonchev–Trinajstić information content (AvgIpc) is 2.49. The highest BCUT2D eigenvalue weighted by Gasteiger charge is 2.09. The van der Waals surface area contributed by atoms with Crippen LogP contribution < -0.4 is 0 Å². The van der Waals surface area contributed by atoms with Gasteiger partial charge in [0, 0.05) is 11.8 Å². The molecule has 0 saturated carbocycles. The van der Waals surface area contributed by atoms with Gasteiger partial charge in [0.15, 0.2) is 5.82 Å². The van der Waals surface area contributed by atoms with Crippen molar-refractivity contribution >= 4 is 0 Å². The summed E-state index contributed by atoms with van der Waals surface area (Å²) in [5, 5.41) is 4.03. The molecule has 0 unspecified atom stereocenters. The fourth-order valence-electron chi connectivity index (χ4n) is 1.39. The molecule has 1 heterocycles. The third-order valence-corrected chi connectivity index (χ3v) is 2.39. The van der Waals surface area contributed by atoms with Gasteiger partial charge in [0.25, 0.3) is 0 Å². The van der Waals surface area contributed by atoms with Gasteiger partial charge in [-0.25, -0.2) is 13.5 Å². The lowest BCUT2D eigenvalue weighted by Gasteiger charge is -2.05. The minimum atomic E-state index is -0.610. The van der Waals surface area contributed by atoms with Crippen molar-refractivity contribution in [3.63, 3.8) is 0 Å². The van der Waals surface area contributed by atoms with Gasteiger partial charge in [-0.2, -0.15) is 5.10 Å². The summed E-state index contributed by atoms with van der Waals surface area (Å²) in [4.78, 5) is 0. The van der Waals surface area contributed by atoms with Crippen molar-refractivity contribution in [1.82, 2.24) is 9.78 Å².